The summed E-state index contributed by atoms with van der Waals surface area (Å²) in [5.41, 5.74) is 0.403. The molecule has 1 rings (SSSR count). The van der Waals surface area contributed by atoms with E-state index >= 15 is 0 Å². The summed E-state index contributed by atoms with van der Waals surface area (Å²) in [7, 11) is 3.02. The van der Waals surface area contributed by atoms with Gasteiger partial charge in [0.15, 0.2) is 0 Å². The van der Waals surface area contributed by atoms with Gasteiger partial charge in [-0.2, -0.15) is 0 Å². The number of nitrogens with two attached hydrogens (primary N) is 1. The van der Waals surface area contributed by atoms with Gasteiger partial charge in [-0.25, -0.2) is 10.6 Å². The Morgan fingerprint density at radius 2 is 2.00 bits per heavy atom. The highest BCUT2D eigenvalue weighted by Crippen LogP contribution is 2.31. The van der Waals surface area contributed by atoms with Gasteiger partial charge in [0.25, 0.3) is 0 Å². The first-order valence-corrected chi connectivity index (χ1v) is 4.92. The van der Waals surface area contributed by atoms with Gasteiger partial charge < -0.3 is 9.64 Å². The molecule has 0 amide bonds. The molecule has 0 fully saturated rings. The Bertz CT molecular complexity index is 373. The number of methoxy groups -OCH3 is 1. The Labute approximate surface area is 95.1 Å². The number of ether oxygens (including phenoxy) is 1. The van der Waals surface area contributed by atoms with E-state index in [1.165, 1.54) is 12.1 Å². The van der Waals surface area contributed by atoms with E-state index in [4.69, 9.17) is 16.0 Å². The highest BCUT2D eigenvalue weighted by molar-refractivity contribution is 5.96. The minimum absolute atomic E-state index is 0.148. The van der Waals surface area contributed by atoms with E-state index in [9.17, 15) is 4.79 Å². The molecule has 90 valence electrons. The standard InChI is InChI=1S/C10H18N4O2/c1-6-7(8(15)16-5)10(2,3)14(12)9(11)13(6)4/h11H,12H2,1-5H3. The van der Waals surface area contributed by atoms with E-state index in [-0.39, 0.29) is 5.96 Å². The molecule has 0 aromatic heterocycles. The van der Waals surface area contributed by atoms with Crippen LogP contribution in [0.2, 0.25) is 0 Å². The largest absolute Gasteiger partial charge is 0.466 e. The zero-order chi connectivity index (χ0) is 12.7. The van der Waals surface area contributed by atoms with Crippen LogP contribution >= 0.6 is 0 Å². The summed E-state index contributed by atoms with van der Waals surface area (Å²) in [4.78, 5) is 13.3. The van der Waals surface area contributed by atoms with Crippen LogP contribution in [0, 0.1) is 5.41 Å². The molecule has 16 heavy (non-hydrogen) atoms. The fraction of sp³-hybridized carbons (Fsp3) is 0.600. The predicted octanol–water partition coefficient (Wildman–Crippen LogP) is 0.268. The molecule has 0 aromatic carbocycles. The molecule has 0 aliphatic carbocycles. The summed E-state index contributed by atoms with van der Waals surface area (Å²) in [6.07, 6.45) is 0. The first-order chi connectivity index (χ1) is 7.25. The van der Waals surface area contributed by atoms with Gasteiger partial charge >= 0.3 is 5.97 Å². The highest BCUT2D eigenvalue weighted by Gasteiger charge is 2.43. The van der Waals surface area contributed by atoms with E-state index < -0.39 is 11.5 Å². The maximum absolute atomic E-state index is 11.7. The lowest BCUT2D eigenvalue weighted by molar-refractivity contribution is -0.137. The van der Waals surface area contributed by atoms with Crippen LogP contribution in [0.4, 0.5) is 0 Å². The van der Waals surface area contributed by atoms with Gasteiger partial charge in [0.05, 0.1) is 18.2 Å². The number of allylic oxidation sites excluding steroid dienone is 1. The molecule has 1 heterocycles. The maximum Gasteiger partial charge on any atom is 0.337 e. The third kappa shape index (κ3) is 1.55. The Hall–Kier alpha value is -1.56. The Morgan fingerprint density at radius 1 is 1.50 bits per heavy atom. The van der Waals surface area contributed by atoms with Gasteiger partial charge in [0.1, 0.15) is 0 Å². The van der Waals surface area contributed by atoms with Gasteiger partial charge in [-0.15, -0.1) is 0 Å². The van der Waals surface area contributed by atoms with Crippen LogP contribution in [0.15, 0.2) is 11.3 Å². The lowest BCUT2D eigenvalue weighted by Crippen LogP contribution is -2.62. The second-order valence-electron chi connectivity index (χ2n) is 4.26. The zero-order valence-corrected chi connectivity index (χ0v) is 10.3. The molecule has 0 saturated heterocycles. The summed E-state index contributed by atoms with van der Waals surface area (Å²) in [5.74, 6) is 5.55. The zero-order valence-electron chi connectivity index (χ0n) is 10.3. The lowest BCUT2D eigenvalue weighted by Gasteiger charge is -2.45. The minimum Gasteiger partial charge on any atom is -0.466 e. The average molecular weight is 226 g/mol. The molecular formula is C10H18N4O2. The number of carbonyl (C=O) groups is 1. The topological polar surface area (TPSA) is 82.7 Å². The normalized spacial score (nSPS) is 20.2. The summed E-state index contributed by atoms with van der Waals surface area (Å²) in [6, 6.07) is 0. The predicted molar refractivity (Wildman–Crippen MR) is 60.3 cm³/mol. The number of nitrogens with one attached hydrogen (secondary N) is 1. The van der Waals surface area contributed by atoms with Gasteiger partial charge in [-0.05, 0) is 20.8 Å². The minimum atomic E-state index is -0.749. The number of rotatable bonds is 1. The third-order valence-corrected chi connectivity index (χ3v) is 3.01. The first kappa shape index (κ1) is 12.5. The lowest BCUT2D eigenvalue weighted by atomic mass is 9.89. The second kappa shape index (κ2) is 3.79. The van der Waals surface area contributed by atoms with E-state index in [1.54, 1.807) is 32.7 Å². The molecule has 0 bridgehead atoms. The molecule has 0 spiro atoms. The van der Waals surface area contributed by atoms with Crippen LogP contribution in [-0.4, -0.2) is 41.5 Å². The molecule has 6 heteroatoms. The number of hydrogen-bond acceptors (Lipinski definition) is 4. The fourth-order valence-corrected chi connectivity index (χ4v) is 1.82. The van der Waals surface area contributed by atoms with Crippen LogP contribution in [0.25, 0.3) is 0 Å². The van der Waals surface area contributed by atoms with Crippen LogP contribution in [0.5, 0.6) is 0 Å². The van der Waals surface area contributed by atoms with Gasteiger partial charge in [-0.3, -0.25) is 10.4 Å². The van der Waals surface area contributed by atoms with Crippen molar-refractivity contribution in [1.29, 1.82) is 5.41 Å². The second-order valence-corrected chi connectivity index (χ2v) is 4.26. The van der Waals surface area contributed by atoms with Crippen LogP contribution in [-0.2, 0) is 9.53 Å². The van der Waals surface area contributed by atoms with Crippen LogP contribution in [0.3, 0.4) is 0 Å². The van der Waals surface area contributed by atoms with E-state index in [0.29, 0.717) is 11.3 Å². The molecule has 0 radical (unpaired) electrons. The van der Waals surface area contributed by atoms with Crippen molar-refractivity contribution >= 4 is 11.9 Å². The van der Waals surface area contributed by atoms with Crippen LogP contribution in [0.1, 0.15) is 20.8 Å². The Balaban J connectivity index is 3.39. The van der Waals surface area contributed by atoms with Crippen molar-refractivity contribution in [2.75, 3.05) is 14.2 Å². The SMILES string of the molecule is COC(=O)C1=C(C)N(C)C(=N)N(N)C1(C)C. The molecule has 0 saturated carbocycles. The molecule has 0 atom stereocenters. The molecule has 1 aliphatic heterocycles. The van der Waals surface area contributed by atoms with Crippen molar-refractivity contribution in [3.8, 4) is 0 Å². The first-order valence-electron chi connectivity index (χ1n) is 4.92. The number of carbonyl (C=O) groups excluding carboxylic acids is 1. The van der Waals surface area contributed by atoms with Crippen molar-refractivity contribution in [3.05, 3.63) is 11.3 Å². The highest BCUT2D eigenvalue weighted by atomic mass is 16.5. The monoisotopic (exact) mass is 226 g/mol. The van der Waals surface area contributed by atoms with Gasteiger partial charge in [-0.1, -0.05) is 0 Å². The van der Waals surface area contributed by atoms with Crippen LogP contribution < -0.4 is 5.84 Å². The fourth-order valence-electron chi connectivity index (χ4n) is 1.82. The number of esters is 1. The van der Waals surface area contributed by atoms with E-state index in [2.05, 4.69) is 0 Å². The summed E-state index contributed by atoms with van der Waals surface area (Å²) in [6.45, 7) is 5.34. The molecule has 3 N–H and O–H groups in total. The van der Waals surface area contributed by atoms with Crippen molar-refractivity contribution in [1.82, 2.24) is 9.91 Å². The number of hydrogen-bond donors (Lipinski definition) is 2. The average Bonchev–Trinajstić information content (AvgIpc) is 2.23. The summed E-state index contributed by atoms with van der Waals surface area (Å²) in [5, 5.41) is 9.07. The molecule has 1 aliphatic rings. The van der Waals surface area contributed by atoms with E-state index in [1.807, 2.05) is 0 Å². The quantitative estimate of drug-likeness (QED) is 0.495. The van der Waals surface area contributed by atoms with Gasteiger partial charge in [0.2, 0.25) is 5.96 Å². The summed E-state index contributed by atoms with van der Waals surface area (Å²) >= 11 is 0. The molecule has 6 nitrogen and oxygen atoms in total. The molecular weight excluding hydrogens is 208 g/mol. The Morgan fingerprint density at radius 3 is 2.44 bits per heavy atom. The smallest absolute Gasteiger partial charge is 0.337 e. The summed E-state index contributed by atoms with van der Waals surface area (Å²) < 4.78 is 4.75. The van der Waals surface area contributed by atoms with Crippen molar-refractivity contribution in [3.63, 3.8) is 0 Å². The Kier molecular flexibility index (Phi) is 2.96. The van der Waals surface area contributed by atoms with Gasteiger partial charge in [0, 0.05) is 12.7 Å². The van der Waals surface area contributed by atoms with Crippen molar-refractivity contribution in [2.24, 2.45) is 5.84 Å². The van der Waals surface area contributed by atoms with E-state index in [0.717, 1.165) is 0 Å². The molecule has 0 aromatic rings. The number of hydrazine groups is 1. The number of nitrogens with zero attached hydrogens (tertiary/aromatic N) is 2. The number of guanidine groups is 1. The third-order valence-electron chi connectivity index (χ3n) is 3.01. The van der Waals surface area contributed by atoms with Crippen molar-refractivity contribution in [2.45, 2.75) is 26.3 Å². The maximum atomic E-state index is 11.7. The molecule has 0 unspecified atom stereocenters. The van der Waals surface area contributed by atoms with Crippen molar-refractivity contribution < 1.29 is 9.53 Å².